The van der Waals surface area contributed by atoms with Crippen LogP contribution in [0.4, 0.5) is 14.9 Å². The number of hydrogen-bond donors (Lipinski definition) is 1. The van der Waals surface area contributed by atoms with E-state index >= 15 is 4.39 Å². The molecule has 0 radical (unpaired) electrons. The zero-order valence-corrected chi connectivity index (χ0v) is 21.4. The van der Waals surface area contributed by atoms with Crippen molar-refractivity contribution in [3.05, 3.63) is 95.9 Å². The van der Waals surface area contributed by atoms with Crippen LogP contribution in [0.3, 0.4) is 0 Å². The van der Waals surface area contributed by atoms with Gasteiger partial charge >= 0.3 is 6.09 Å². The van der Waals surface area contributed by atoms with Gasteiger partial charge in [0.05, 0.1) is 24.3 Å². The third kappa shape index (κ3) is 5.81. The van der Waals surface area contributed by atoms with Gasteiger partial charge in [0.1, 0.15) is 11.9 Å². The van der Waals surface area contributed by atoms with Crippen molar-refractivity contribution in [2.45, 2.75) is 26.1 Å². The fourth-order valence-electron chi connectivity index (χ4n) is 4.67. The lowest BCUT2D eigenvalue weighted by Gasteiger charge is -2.17. The molecule has 1 fully saturated rings. The lowest BCUT2D eigenvalue weighted by atomic mass is 10.0. The molecule has 0 spiro atoms. The highest BCUT2D eigenvalue weighted by Gasteiger charge is 2.32. The van der Waals surface area contributed by atoms with Gasteiger partial charge in [0, 0.05) is 37.2 Å². The van der Waals surface area contributed by atoms with E-state index in [1.54, 1.807) is 12.1 Å². The van der Waals surface area contributed by atoms with E-state index in [-0.39, 0.29) is 19.0 Å². The second kappa shape index (κ2) is 11.0. The lowest BCUT2D eigenvalue weighted by molar-refractivity contribution is -0.119. The van der Waals surface area contributed by atoms with Gasteiger partial charge in [0.25, 0.3) is 0 Å². The van der Waals surface area contributed by atoms with Crippen molar-refractivity contribution in [2.24, 2.45) is 0 Å². The molecule has 2 heterocycles. The number of pyridine rings is 1. The molecule has 5 rings (SSSR count). The number of amides is 2. The molecule has 1 aromatic heterocycles. The Bertz CT molecular complexity index is 1470. The molecule has 0 saturated carbocycles. The van der Waals surface area contributed by atoms with Crippen LogP contribution in [0.15, 0.2) is 79.0 Å². The Labute approximate surface area is 220 Å². The Morgan fingerprint density at radius 2 is 1.84 bits per heavy atom. The van der Waals surface area contributed by atoms with Gasteiger partial charge in [0.2, 0.25) is 5.91 Å². The molecule has 194 valence electrons. The van der Waals surface area contributed by atoms with Crippen LogP contribution in [0.25, 0.3) is 22.0 Å². The predicted molar refractivity (Wildman–Crippen MR) is 145 cm³/mol. The molecule has 1 unspecified atom stereocenters. The van der Waals surface area contributed by atoms with Crippen molar-refractivity contribution in [1.82, 2.24) is 15.2 Å². The number of para-hydroxylation sites is 1. The zero-order chi connectivity index (χ0) is 26.6. The zero-order valence-electron chi connectivity index (χ0n) is 21.4. The maximum atomic E-state index is 15.1. The first-order chi connectivity index (χ1) is 18.4. The molecule has 38 heavy (non-hydrogen) atoms. The first-order valence-electron chi connectivity index (χ1n) is 12.5. The van der Waals surface area contributed by atoms with E-state index in [1.165, 1.54) is 17.9 Å². The van der Waals surface area contributed by atoms with Crippen LogP contribution in [0.5, 0.6) is 0 Å². The summed E-state index contributed by atoms with van der Waals surface area (Å²) < 4.78 is 20.4. The third-order valence-corrected chi connectivity index (χ3v) is 6.53. The van der Waals surface area contributed by atoms with Crippen molar-refractivity contribution in [3.63, 3.8) is 0 Å². The standard InChI is InChI=1S/C30H29FN4O3/c1-20(36)32-16-26-19-35(30(37)38-26)25-11-12-27(28(31)14-25)23-9-7-21(8-10-23)17-34(2)18-22-13-24-5-3-4-6-29(24)33-15-22/h3-15,26H,16-19H2,1-2H3,(H,32,36). The Hall–Kier alpha value is -4.30. The molecule has 1 aliphatic rings. The SMILES string of the molecule is CC(=O)NCC1CN(c2ccc(-c3ccc(CN(C)Cc4cnc5ccccc5c4)cc3)c(F)c2)C(=O)O1. The normalized spacial score (nSPS) is 15.2. The number of hydrogen-bond acceptors (Lipinski definition) is 5. The monoisotopic (exact) mass is 512 g/mol. The van der Waals surface area contributed by atoms with Crippen LogP contribution in [0.1, 0.15) is 18.1 Å². The summed E-state index contributed by atoms with van der Waals surface area (Å²) in [6.07, 6.45) is 0.886. The molecule has 0 bridgehead atoms. The van der Waals surface area contributed by atoms with Crippen molar-refractivity contribution in [2.75, 3.05) is 25.0 Å². The third-order valence-electron chi connectivity index (χ3n) is 6.53. The number of nitrogens with one attached hydrogen (secondary N) is 1. The number of anilines is 1. The largest absolute Gasteiger partial charge is 0.442 e. The van der Waals surface area contributed by atoms with E-state index in [9.17, 15) is 9.59 Å². The predicted octanol–water partition coefficient (Wildman–Crippen LogP) is 5.13. The molecule has 7 nitrogen and oxygen atoms in total. The maximum Gasteiger partial charge on any atom is 0.414 e. The van der Waals surface area contributed by atoms with E-state index in [0.29, 0.717) is 11.3 Å². The topological polar surface area (TPSA) is 74.8 Å². The molecule has 4 aromatic rings. The number of carbonyl (C=O) groups is 2. The maximum absolute atomic E-state index is 15.1. The second-order valence-corrected chi connectivity index (χ2v) is 9.62. The molecule has 8 heteroatoms. The van der Waals surface area contributed by atoms with Gasteiger partial charge in [0.15, 0.2) is 0 Å². The first kappa shape index (κ1) is 25.4. The van der Waals surface area contributed by atoms with Crippen molar-refractivity contribution in [3.8, 4) is 11.1 Å². The highest BCUT2D eigenvalue weighted by Crippen LogP contribution is 2.29. The Kier molecular flexibility index (Phi) is 7.33. The number of fused-ring (bicyclic) bond motifs is 1. The summed E-state index contributed by atoms with van der Waals surface area (Å²) >= 11 is 0. The molecular weight excluding hydrogens is 483 g/mol. The smallest absolute Gasteiger partial charge is 0.414 e. The highest BCUT2D eigenvalue weighted by atomic mass is 19.1. The van der Waals surface area contributed by atoms with Gasteiger partial charge in [-0.1, -0.05) is 42.5 Å². The Morgan fingerprint density at radius 1 is 1.08 bits per heavy atom. The van der Waals surface area contributed by atoms with E-state index in [4.69, 9.17) is 4.74 Å². The molecular formula is C30H29FN4O3. The minimum atomic E-state index is -0.555. The lowest BCUT2D eigenvalue weighted by Crippen LogP contribution is -2.33. The second-order valence-electron chi connectivity index (χ2n) is 9.62. The fraction of sp³-hybridized carbons (Fsp3) is 0.233. The van der Waals surface area contributed by atoms with E-state index < -0.39 is 18.0 Å². The quantitative estimate of drug-likeness (QED) is 0.354. The average molecular weight is 513 g/mol. The Balaban J connectivity index is 1.22. The highest BCUT2D eigenvalue weighted by molar-refractivity contribution is 5.90. The van der Waals surface area contributed by atoms with E-state index in [0.717, 1.165) is 40.7 Å². The molecule has 0 aliphatic carbocycles. The Morgan fingerprint density at radius 3 is 2.61 bits per heavy atom. The summed E-state index contributed by atoms with van der Waals surface area (Å²) in [6, 6.07) is 22.8. The number of nitrogens with zero attached hydrogens (tertiary/aromatic N) is 3. The van der Waals surface area contributed by atoms with E-state index in [2.05, 4.69) is 34.4 Å². The minimum absolute atomic E-state index is 0.199. The average Bonchev–Trinajstić information content (AvgIpc) is 3.28. The molecule has 3 aromatic carbocycles. The van der Waals surface area contributed by atoms with Gasteiger partial charge in [-0.05, 0) is 54.1 Å². The van der Waals surface area contributed by atoms with Crippen LogP contribution in [0.2, 0.25) is 0 Å². The summed E-state index contributed by atoms with van der Waals surface area (Å²) in [5, 5.41) is 3.76. The van der Waals surface area contributed by atoms with Gasteiger partial charge in [-0.15, -0.1) is 0 Å². The molecule has 1 atom stereocenters. The molecule has 1 aliphatic heterocycles. The van der Waals surface area contributed by atoms with Crippen LogP contribution >= 0.6 is 0 Å². The summed E-state index contributed by atoms with van der Waals surface area (Å²) in [7, 11) is 2.06. The number of rotatable bonds is 8. The van der Waals surface area contributed by atoms with Gasteiger partial charge < -0.3 is 10.1 Å². The van der Waals surface area contributed by atoms with Crippen molar-refractivity contribution in [1.29, 1.82) is 0 Å². The summed E-state index contributed by atoms with van der Waals surface area (Å²) in [5.41, 5.74) is 4.88. The number of ether oxygens (including phenoxy) is 1. The van der Waals surface area contributed by atoms with Crippen molar-refractivity contribution < 1.29 is 18.7 Å². The van der Waals surface area contributed by atoms with Crippen LogP contribution in [-0.2, 0) is 22.6 Å². The summed E-state index contributed by atoms with van der Waals surface area (Å²) in [4.78, 5) is 31.5. The van der Waals surface area contributed by atoms with Gasteiger partial charge in [-0.25, -0.2) is 9.18 Å². The van der Waals surface area contributed by atoms with Gasteiger partial charge in [-0.3, -0.25) is 19.6 Å². The summed E-state index contributed by atoms with van der Waals surface area (Å²) in [6.45, 7) is 3.37. The van der Waals surface area contributed by atoms with E-state index in [1.807, 2.05) is 48.7 Å². The molecule has 1 N–H and O–H groups in total. The number of benzene rings is 3. The number of aromatic nitrogens is 1. The van der Waals surface area contributed by atoms with Crippen molar-refractivity contribution >= 4 is 28.6 Å². The van der Waals surface area contributed by atoms with Gasteiger partial charge in [-0.2, -0.15) is 0 Å². The molecule has 1 saturated heterocycles. The van der Waals surface area contributed by atoms with Crippen LogP contribution < -0.4 is 10.2 Å². The minimum Gasteiger partial charge on any atom is -0.442 e. The van der Waals surface area contributed by atoms with Crippen LogP contribution in [-0.4, -0.2) is 48.1 Å². The van der Waals surface area contributed by atoms with Crippen LogP contribution in [0, 0.1) is 5.82 Å². The number of carbonyl (C=O) groups excluding carboxylic acids is 2. The number of halogens is 1. The summed E-state index contributed by atoms with van der Waals surface area (Å²) in [5.74, 6) is -0.621. The number of cyclic esters (lactones) is 1. The fourth-order valence-corrected chi connectivity index (χ4v) is 4.67. The molecule has 2 amide bonds. The first-order valence-corrected chi connectivity index (χ1v) is 12.5.